The monoisotopic (exact) mass is 246 g/mol. The van der Waals surface area contributed by atoms with Crippen molar-refractivity contribution in [1.82, 2.24) is 0 Å². The van der Waals surface area contributed by atoms with Crippen LogP contribution in [0, 0.1) is 12.8 Å². The summed E-state index contributed by atoms with van der Waals surface area (Å²) in [5.41, 5.74) is 10.0. The molecule has 2 heteroatoms. The maximum atomic E-state index is 5.81. The van der Waals surface area contributed by atoms with Gasteiger partial charge >= 0.3 is 0 Å². The van der Waals surface area contributed by atoms with E-state index in [4.69, 9.17) is 5.73 Å². The van der Waals surface area contributed by atoms with Gasteiger partial charge in [0.15, 0.2) is 0 Å². The highest BCUT2D eigenvalue weighted by atomic mass is 14.9. The SMILES string of the molecule is Cc1cc(C(C)(C)C)ccc1NCC1CC(N)C1. The van der Waals surface area contributed by atoms with E-state index >= 15 is 0 Å². The first-order valence-corrected chi connectivity index (χ1v) is 6.97. The summed E-state index contributed by atoms with van der Waals surface area (Å²) >= 11 is 0. The molecule has 1 aromatic carbocycles. The van der Waals surface area contributed by atoms with Crippen LogP contribution in [0.3, 0.4) is 0 Å². The normalized spacial score (nSPS) is 23.6. The van der Waals surface area contributed by atoms with E-state index < -0.39 is 0 Å². The highest BCUT2D eigenvalue weighted by molar-refractivity contribution is 5.53. The Hall–Kier alpha value is -1.02. The topological polar surface area (TPSA) is 38.0 Å². The van der Waals surface area contributed by atoms with E-state index in [9.17, 15) is 0 Å². The molecule has 0 saturated heterocycles. The van der Waals surface area contributed by atoms with Crippen molar-refractivity contribution >= 4 is 5.69 Å². The molecule has 3 N–H and O–H groups in total. The van der Waals surface area contributed by atoms with Crippen molar-refractivity contribution in [1.29, 1.82) is 0 Å². The lowest BCUT2D eigenvalue weighted by Gasteiger charge is -2.33. The Kier molecular flexibility index (Phi) is 3.67. The number of aryl methyl sites for hydroxylation is 1. The summed E-state index contributed by atoms with van der Waals surface area (Å²) in [6.45, 7) is 10.0. The molecule has 18 heavy (non-hydrogen) atoms. The van der Waals surface area contributed by atoms with Gasteiger partial charge in [0.2, 0.25) is 0 Å². The molecule has 1 aromatic rings. The van der Waals surface area contributed by atoms with Crippen LogP contribution >= 0.6 is 0 Å². The summed E-state index contributed by atoms with van der Waals surface area (Å²) in [4.78, 5) is 0. The summed E-state index contributed by atoms with van der Waals surface area (Å²) < 4.78 is 0. The average Bonchev–Trinajstić information content (AvgIpc) is 2.22. The first-order chi connectivity index (χ1) is 8.36. The Balaban J connectivity index is 1.97. The molecule has 2 nitrogen and oxygen atoms in total. The van der Waals surface area contributed by atoms with Crippen molar-refractivity contribution in [3.63, 3.8) is 0 Å². The van der Waals surface area contributed by atoms with E-state index in [1.165, 1.54) is 29.7 Å². The van der Waals surface area contributed by atoms with Crippen LogP contribution in [0.5, 0.6) is 0 Å². The highest BCUT2D eigenvalue weighted by Gasteiger charge is 2.25. The molecule has 100 valence electrons. The van der Waals surface area contributed by atoms with E-state index in [0.717, 1.165) is 12.5 Å². The molecule has 1 saturated carbocycles. The van der Waals surface area contributed by atoms with Crippen LogP contribution in [0.4, 0.5) is 5.69 Å². The number of rotatable bonds is 3. The van der Waals surface area contributed by atoms with Crippen LogP contribution in [-0.4, -0.2) is 12.6 Å². The second kappa shape index (κ2) is 4.93. The van der Waals surface area contributed by atoms with Crippen LogP contribution in [-0.2, 0) is 5.41 Å². The Bertz CT molecular complexity index is 412. The fourth-order valence-corrected chi connectivity index (χ4v) is 2.54. The van der Waals surface area contributed by atoms with Crippen molar-refractivity contribution < 1.29 is 0 Å². The van der Waals surface area contributed by atoms with Crippen LogP contribution in [0.15, 0.2) is 18.2 Å². The van der Waals surface area contributed by atoms with Gasteiger partial charge < -0.3 is 11.1 Å². The van der Waals surface area contributed by atoms with Gasteiger partial charge in [-0.1, -0.05) is 32.9 Å². The van der Waals surface area contributed by atoms with Gasteiger partial charge in [0.25, 0.3) is 0 Å². The summed E-state index contributed by atoms with van der Waals surface area (Å²) in [5, 5.41) is 3.56. The minimum Gasteiger partial charge on any atom is -0.385 e. The first-order valence-electron chi connectivity index (χ1n) is 6.97. The molecule has 0 radical (unpaired) electrons. The smallest absolute Gasteiger partial charge is 0.0370 e. The number of hydrogen-bond acceptors (Lipinski definition) is 2. The fourth-order valence-electron chi connectivity index (χ4n) is 2.54. The van der Waals surface area contributed by atoms with Crippen LogP contribution in [0.1, 0.15) is 44.7 Å². The van der Waals surface area contributed by atoms with Crippen molar-refractivity contribution in [2.45, 2.75) is 52.0 Å². The lowest BCUT2D eigenvalue weighted by atomic mass is 9.81. The number of hydrogen-bond donors (Lipinski definition) is 2. The lowest BCUT2D eigenvalue weighted by molar-refractivity contribution is 0.280. The van der Waals surface area contributed by atoms with Crippen molar-refractivity contribution in [2.24, 2.45) is 11.7 Å². The third kappa shape index (κ3) is 3.05. The van der Waals surface area contributed by atoms with Gasteiger partial charge in [0.1, 0.15) is 0 Å². The van der Waals surface area contributed by atoms with Crippen LogP contribution in [0.2, 0.25) is 0 Å². The zero-order valence-electron chi connectivity index (χ0n) is 12.1. The standard InChI is InChI=1S/C16H26N2/c1-11-7-13(16(2,3)4)5-6-15(11)18-10-12-8-14(17)9-12/h5-7,12,14,18H,8-10,17H2,1-4H3. The lowest BCUT2D eigenvalue weighted by Crippen LogP contribution is -2.39. The van der Waals surface area contributed by atoms with E-state index in [-0.39, 0.29) is 5.41 Å². The molecule has 1 aliphatic carbocycles. The summed E-state index contributed by atoms with van der Waals surface area (Å²) in [5.74, 6) is 0.765. The summed E-state index contributed by atoms with van der Waals surface area (Å²) in [6.07, 6.45) is 2.35. The minimum atomic E-state index is 0.226. The maximum Gasteiger partial charge on any atom is 0.0370 e. The molecular formula is C16H26N2. The average molecular weight is 246 g/mol. The van der Waals surface area contributed by atoms with E-state index in [0.29, 0.717) is 6.04 Å². The Morgan fingerprint density at radius 1 is 1.28 bits per heavy atom. The number of nitrogens with two attached hydrogens (primary N) is 1. The quantitative estimate of drug-likeness (QED) is 0.857. The maximum absolute atomic E-state index is 5.81. The van der Waals surface area contributed by atoms with Gasteiger partial charge in [-0.05, 0) is 48.3 Å². The molecule has 1 aliphatic rings. The van der Waals surface area contributed by atoms with Gasteiger partial charge in [-0.3, -0.25) is 0 Å². The predicted octanol–water partition coefficient (Wildman–Crippen LogP) is 3.44. The molecule has 0 bridgehead atoms. The van der Waals surface area contributed by atoms with E-state index in [1.807, 2.05) is 0 Å². The zero-order chi connectivity index (χ0) is 13.3. The summed E-state index contributed by atoms with van der Waals surface area (Å²) in [7, 11) is 0. The molecule has 0 atom stereocenters. The Morgan fingerprint density at radius 3 is 2.44 bits per heavy atom. The van der Waals surface area contributed by atoms with Crippen LogP contribution < -0.4 is 11.1 Å². The minimum absolute atomic E-state index is 0.226. The Morgan fingerprint density at radius 2 is 1.94 bits per heavy atom. The van der Waals surface area contributed by atoms with Gasteiger partial charge in [-0.2, -0.15) is 0 Å². The third-order valence-electron chi connectivity index (χ3n) is 3.95. The second-order valence-corrected chi connectivity index (χ2v) is 6.76. The van der Waals surface area contributed by atoms with Gasteiger partial charge in [-0.25, -0.2) is 0 Å². The molecule has 0 amide bonds. The molecule has 0 spiro atoms. The largest absolute Gasteiger partial charge is 0.385 e. The Labute approximate surface area is 111 Å². The molecule has 0 heterocycles. The number of benzene rings is 1. The predicted molar refractivity (Wildman–Crippen MR) is 79.1 cm³/mol. The van der Waals surface area contributed by atoms with Crippen LogP contribution in [0.25, 0.3) is 0 Å². The zero-order valence-corrected chi connectivity index (χ0v) is 12.1. The molecule has 0 unspecified atom stereocenters. The van der Waals surface area contributed by atoms with Crippen molar-refractivity contribution in [3.05, 3.63) is 29.3 Å². The summed E-state index contributed by atoms with van der Waals surface area (Å²) in [6, 6.07) is 7.20. The molecule has 0 aromatic heterocycles. The molecule has 0 aliphatic heterocycles. The van der Waals surface area contributed by atoms with E-state index in [2.05, 4.69) is 51.2 Å². The molecule has 2 rings (SSSR count). The third-order valence-corrected chi connectivity index (χ3v) is 3.95. The molecule has 1 fully saturated rings. The fraction of sp³-hybridized carbons (Fsp3) is 0.625. The second-order valence-electron chi connectivity index (χ2n) is 6.76. The van der Waals surface area contributed by atoms with Crippen molar-refractivity contribution in [2.75, 3.05) is 11.9 Å². The van der Waals surface area contributed by atoms with Gasteiger partial charge in [0, 0.05) is 18.3 Å². The number of anilines is 1. The van der Waals surface area contributed by atoms with Crippen molar-refractivity contribution in [3.8, 4) is 0 Å². The molecular weight excluding hydrogens is 220 g/mol. The number of nitrogens with one attached hydrogen (secondary N) is 1. The highest BCUT2D eigenvalue weighted by Crippen LogP contribution is 2.28. The van der Waals surface area contributed by atoms with Gasteiger partial charge in [-0.15, -0.1) is 0 Å². The van der Waals surface area contributed by atoms with E-state index in [1.54, 1.807) is 0 Å². The first kappa shape index (κ1) is 13.4. The van der Waals surface area contributed by atoms with Gasteiger partial charge in [0.05, 0.1) is 0 Å².